The van der Waals surface area contributed by atoms with Crippen LogP contribution in [0.4, 0.5) is 0 Å². The summed E-state index contributed by atoms with van der Waals surface area (Å²) >= 11 is 0. The molecule has 0 aromatic heterocycles. The van der Waals surface area contributed by atoms with Crippen molar-refractivity contribution in [2.45, 2.75) is 24.4 Å². The Kier molecular flexibility index (Phi) is 7.36. The van der Waals surface area contributed by atoms with E-state index < -0.39 is 44.8 Å². The second kappa shape index (κ2) is 8.17. The standard InChI is InChI=1S/C12H16NO8P.Na/c13-12(16)7-3-1-2-6(4-7)11-10(15)9(14)8(21-11)5-20-22(17,18)19;/h1-4,8-11,14-15H,5H2,(H2,13,16)(H2,17,18,19);. The summed E-state index contributed by atoms with van der Waals surface area (Å²) in [5.41, 5.74) is 5.78. The number of carbonyl (C=O) groups is 1. The maximum Gasteiger partial charge on any atom is 0.469 e. The zero-order chi connectivity index (χ0) is 16.5. The van der Waals surface area contributed by atoms with Crippen LogP contribution in [0.5, 0.6) is 0 Å². The quantitative estimate of drug-likeness (QED) is 0.321. The molecule has 11 heteroatoms. The number of ether oxygens (including phenoxy) is 1. The minimum Gasteiger partial charge on any atom is -0.387 e. The van der Waals surface area contributed by atoms with Gasteiger partial charge in [-0.15, -0.1) is 0 Å². The second-order valence-corrected chi connectivity index (χ2v) is 6.09. The molecule has 4 unspecified atom stereocenters. The number of primary amides is 1. The molecule has 1 aliphatic rings. The van der Waals surface area contributed by atoms with Crippen LogP contribution in [0.1, 0.15) is 22.0 Å². The Labute approximate surface area is 153 Å². The summed E-state index contributed by atoms with van der Waals surface area (Å²) in [4.78, 5) is 28.5. The van der Waals surface area contributed by atoms with Gasteiger partial charge in [0, 0.05) is 35.1 Å². The van der Waals surface area contributed by atoms with Crippen LogP contribution in [0.3, 0.4) is 0 Å². The number of rotatable bonds is 5. The van der Waals surface area contributed by atoms with E-state index >= 15 is 0 Å². The summed E-state index contributed by atoms with van der Waals surface area (Å²) < 4.78 is 20.3. The minimum absolute atomic E-state index is 0. The first-order valence-corrected chi connectivity index (χ1v) is 7.83. The van der Waals surface area contributed by atoms with Gasteiger partial charge in [0.2, 0.25) is 5.91 Å². The smallest absolute Gasteiger partial charge is 0.387 e. The van der Waals surface area contributed by atoms with Crippen LogP contribution in [-0.4, -0.2) is 80.4 Å². The van der Waals surface area contributed by atoms with E-state index in [1.165, 1.54) is 18.2 Å². The average molecular weight is 356 g/mol. The molecule has 0 spiro atoms. The van der Waals surface area contributed by atoms with Gasteiger partial charge in [-0.05, 0) is 17.7 Å². The number of aliphatic hydroxyl groups excluding tert-OH is 2. The molecule has 23 heavy (non-hydrogen) atoms. The Morgan fingerprint density at radius 1 is 1.30 bits per heavy atom. The van der Waals surface area contributed by atoms with Crippen LogP contribution in [0.2, 0.25) is 0 Å². The number of hydrogen-bond acceptors (Lipinski definition) is 6. The van der Waals surface area contributed by atoms with E-state index in [0.29, 0.717) is 5.56 Å². The van der Waals surface area contributed by atoms with Crippen LogP contribution in [0.15, 0.2) is 24.3 Å². The molecule has 1 aromatic carbocycles. The van der Waals surface area contributed by atoms with Gasteiger partial charge >= 0.3 is 7.82 Å². The van der Waals surface area contributed by atoms with Crippen LogP contribution in [-0.2, 0) is 13.8 Å². The first-order valence-electron chi connectivity index (χ1n) is 6.30. The molecule has 0 aliphatic carbocycles. The zero-order valence-electron chi connectivity index (χ0n) is 12.3. The van der Waals surface area contributed by atoms with Gasteiger partial charge in [-0.1, -0.05) is 12.1 Å². The fraction of sp³-hybridized carbons (Fsp3) is 0.417. The fourth-order valence-electron chi connectivity index (χ4n) is 2.20. The third kappa shape index (κ3) is 5.33. The number of amides is 1. The molecule has 6 N–H and O–H groups in total. The Hall–Kier alpha value is -0.320. The summed E-state index contributed by atoms with van der Waals surface area (Å²) in [5, 5.41) is 19.9. The van der Waals surface area contributed by atoms with Gasteiger partial charge in [0.25, 0.3) is 0 Å². The number of nitrogens with two attached hydrogens (primary N) is 1. The number of hydrogen-bond donors (Lipinski definition) is 5. The van der Waals surface area contributed by atoms with Crippen LogP contribution >= 0.6 is 7.82 Å². The molecule has 0 bridgehead atoms. The number of benzene rings is 1. The predicted octanol–water partition coefficient (Wildman–Crippen LogP) is -1.32. The summed E-state index contributed by atoms with van der Waals surface area (Å²) in [6.07, 6.45) is -4.83. The zero-order valence-corrected chi connectivity index (χ0v) is 15.2. The van der Waals surface area contributed by atoms with E-state index in [2.05, 4.69) is 4.52 Å². The van der Waals surface area contributed by atoms with Crippen molar-refractivity contribution in [2.24, 2.45) is 5.73 Å². The molecule has 4 atom stereocenters. The van der Waals surface area contributed by atoms with E-state index in [4.69, 9.17) is 20.3 Å². The number of aliphatic hydroxyl groups is 2. The summed E-state index contributed by atoms with van der Waals surface area (Å²) in [6, 6.07) is 6.00. The Balaban J connectivity index is 0.00000264. The minimum atomic E-state index is -4.71. The van der Waals surface area contributed by atoms with E-state index in [1.807, 2.05) is 0 Å². The molecule has 1 heterocycles. The number of phosphoric ester groups is 1. The Morgan fingerprint density at radius 2 is 1.96 bits per heavy atom. The first kappa shape index (κ1) is 20.7. The third-order valence-electron chi connectivity index (χ3n) is 3.27. The van der Waals surface area contributed by atoms with E-state index in [9.17, 15) is 19.6 Å². The van der Waals surface area contributed by atoms with Gasteiger partial charge in [0.15, 0.2) is 0 Å². The largest absolute Gasteiger partial charge is 0.469 e. The van der Waals surface area contributed by atoms with Gasteiger partial charge in [0.05, 0.1) is 6.61 Å². The number of carbonyl (C=O) groups excluding carboxylic acids is 1. The second-order valence-electron chi connectivity index (χ2n) is 4.85. The topological polar surface area (TPSA) is 160 Å². The average Bonchev–Trinajstić information content (AvgIpc) is 2.72. The molecule has 1 radical (unpaired) electrons. The van der Waals surface area contributed by atoms with E-state index in [0.717, 1.165) is 0 Å². The summed E-state index contributed by atoms with van der Waals surface area (Å²) in [7, 11) is -4.71. The van der Waals surface area contributed by atoms with Gasteiger partial charge < -0.3 is 30.5 Å². The SMILES string of the molecule is NC(=O)c1cccc(C2OC(COP(=O)(O)O)C(O)C2O)c1.[Na]. The molecule has 123 valence electrons. The van der Waals surface area contributed by atoms with Crippen molar-refractivity contribution in [2.75, 3.05) is 6.61 Å². The van der Waals surface area contributed by atoms with Gasteiger partial charge in [-0.3, -0.25) is 9.32 Å². The van der Waals surface area contributed by atoms with E-state index in [1.54, 1.807) is 6.07 Å². The van der Waals surface area contributed by atoms with Gasteiger partial charge in [0.1, 0.15) is 24.4 Å². The molecule has 1 aromatic rings. The van der Waals surface area contributed by atoms with Crippen molar-refractivity contribution in [1.29, 1.82) is 0 Å². The Bertz CT molecular complexity index is 608. The molecule has 9 nitrogen and oxygen atoms in total. The molecule has 1 amide bonds. The molecule has 2 rings (SSSR count). The normalized spacial score (nSPS) is 27.5. The fourth-order valence-corrected chi connectivity index (χ4v) is 2.54. The maximum atomic E-state index is 11.2. The van der Waals surface area contributed by atoms with Crippen molar-refractivity contribution in [3.05, 3.63) is 35.4 Å². The third-order valence-corrected chi connectivity index (χ3v) is 3.75. The first-order chi connectivity index (χ1) is 10.2. The van der Waals surface area contributed by atoms with Crippen molar-refractivity contribution in [3.8, 4) is 0 Å². The van der Waals surface area contributed by atoms with Crippen molar-refractivity contribution >= 4 is 43.3 Å². The van der Waals surface area contributed by atoms with Crippen molar-refractivity contribution in [3.63, 3.8) is 0 Å². The molecule has 1 fully saturated rings. The molecular weight excluding hydrogens is 340 g/mol. The van der Waals surface area contributed by atoms with Crippen LogP contribution in [0.25, 0.3) is 0 Å². The summed E-state index contributed by atoms with van der Waals surface area (Å²) in [6.45, 7) is -0.589. The molecule has 0 saturated carbocycles. The molecule has 1 saturated heterocycles. The van der Waals surface area contributed by atoms with Crippen LogP contribution < -0.4 is 5.73 Å². The van der Waals surface area contributed by atoms with Crippen LogP contribution in [0, 0.1) is 0 Å². The van der Waals surface area contributed by atoms with E-state index in [-0.39, 0.29) is 35.1 Å². The summed E-state index contributed by atoms with van der Waals surface area (Å²) in [5.74, 6) is -0.656. The Morgan fingerprint density at radius 3 is 2.52 bits per heavy atom. The monoisotopic (exact) mass is 356 g/mol. The van der Waals surface area contributed by atoms with Gasteiger partial charge in [-0.2, -0.15) is 0 Å². The molecule has 1 aliphatic heterocycles. The maximum absolute atomic E-state index is 11.2. The molecular formula is C12H16NNaO8P. The predicted molar refractivity (Wildman–Crippen MR) is 78.3 cm³/mol. The van der Waals surface area contributed by atoms with Gasteiger partial charge in [-0.25, -0.2) is 4.57 Å². The van der Waals surface area contributed by atoms with Crippen molar-refractivity contribution < 1.29 is 38.6 Å². The number of phosphoric acid groups is 1. The van der Waals surface area contributed by atoms with Crippen molar-refractivity contribution in [1.82, 2.24) is 0 Å².